The normalized spacial score (nSPS) is 15.8. The number of esters is 1. The third kappa shape index (κ3) is 5.63. The molecule has 1 saturated heterocycles. The molecular weight excluding hydrogens is 463 g/mol. The van der Waals surface area contributed by atoms with Crippen LogP contribution in [0.25, 0.3) is 5.69 Å². The Balaban J connectivity index is 1.19. The molecule has 0 bridgehead atoms. The van der Waals surface area contributed by atoms with E-state index in [2.05, 4.69) is 15.3 Å². The fourth-order valence-corrected chi connectivity index (χ4v) is 4.67. The van der Waals surface area contributed by atoms with Gasteiger partial charge in [-0.25, -0.2) is 13.9 Å². The molecule has 1 aliphatic carbocycles. The molecule has 1 fully saturated rings. The van der Waals surface area contributed by atoms with Gasteiger partial charge in [0.1, 0.15) is 5.82 Å². The minimum atomic E-state index is -0.634. The Bertz CT molecular complexity index is 1220. The van der Waals surface area contributed by atoms with E-state index in [1.54, 1.807) is 16.8 Å². The zero-order valence-corrected chi connectivity index (χ0v) is 20.0. The predicted molar refractivity (Wildman–Crippen MR) is 132 cm³/mol. The zero-order chi connectivity index (χ0) is 24.9. The van der Waals surface area contributed by atoms with Crippen LogP contribution < -0.4 is 5.32 Å². The molecule has 1 aromatic heterocycles. The number of aromatic nitrogens is 2. The van der Waals surface area contributed by atoms with Crippen molar-refractivity contribution in [1.29, 1.82) is 0 Å². The van der Waals surface area contributed by atoms with Crippen LogP contribution in [0.3, 0.4) is 0 Å². The van der Waals surface area contributed by atoms with Crippen molar-refractivity contribution >= 4 is 17.6 Å². The van der Waals surface area contributed by atoms with Gasteiger partial charge in [0.2, 0.25) is 0 Å². The maximum atomic E-state index is 13.4. The van der Waals surface area contributed by atoms with Crippen LogP contribution in [0.15, 0.2) is 48.5 Å². The molecule has 2 aromatic carbocycles. The summed E-state index contributed by atoms with van der Waals surface area (Å²) in [4.78, 5) is 27.6. The van der Waals surface area contributed by atoms with Crippen molar-refractivity contribution in [2.75, 3.05) is 38.2 Å². The molecule has 1 N–H and O–H groups in total. The van der Waals surface area contributed by atoms with Gasteiger partial charge < -0.3 is 14.8 Å². The Morgan fingerprint density at radius 2 is 1.72 bits per heavy atom. The highest BCUT2D eigenvalue weighted by atomic mass is 19.1. The van der Waals surface area contributed by atoms with Gasteiger partial charge in [0.05, 0.1) is 18.9 Å². The summed E-state index contributed by atoms with van der Waals surface area (Å²) in [6.45, 7) is 3.76. The van der Waals surface area contributed by atoms with Gasteiger partial charge >= 0.3 is 5.97 Å². The molecule has 8 nitrogen and oxygen atoms in total. The number of rotatable bonds is 7. The van der Waals surface area contributed by atoms with Gasteiger partial charge in [0.15, 0.2) is 12.3 Å². The molecule has 0 atom stereocenters. The second-order valence-electron chi connectivity index (χ2n) is 9.08. The van der Waals surface area contributed by atoms with Crippen LogP contribution in [0.5, 0.6) is 0 Å². The van der Waals surface area contributed by atoms with Gasteiger partial charge in [-0.05, 0) is 67.6 Å². The highest BCUT2D eigenvalue weighted by Crippen LogP contribution is 2.27. The number of carbonyl (C=O) groups excluding carboxylic acids is 2. The smallest absolute Gasteiger partial charge is 0.359 e. The highest BCUT2D eigenvalue weighted by molar-refractivity contribution is 5.95. The van der Waals surface area contributed by atoms with Crippen LogP contribution in [-0.4, -0.2) is 59.5 Å². The summed E-state index contributed by atoms with van der Waals surface area (Å²) in [6.07, 6.45) is 3.42. The molecule has 188 valence electrons. The quantitative estimate of drug-likeness (QED) is 0.508. The maximum Gasteiger partial charge on any atom is 0.359 e. The van der Waals surface area contributed by atoms with Crippen molar-refractivity contribution in [2.24, 2.45) is 0 Å². The number of morpholine rings is 1. The van der Waals surface area contributed by atoms with E-state index in [0.717, 1.165) is 68.9 Å². The number of anilines is 1. The van der Waals surface area contributed by atoms with Crippen molar-refractivity contribution < 1.29 is 23.5 Å². The second-order valence-corrected chi connectivity index (χ2v) is 9.08. The van der Waals surface area contributed by atoms with Gasteiger partial charge in [-0.2, -0.15) is 5.10 Å². The monoisotopic (exact) mass is 492 g/mol. The summed E-state index contributed by atoms with van der Waals surface area (Å²) in [5.74, 6) is -1.39. The van der Waals surface area contributed by atoms with E-state index in [1.807, 2.05) is 24.3 Å². The first-order valence-corrected chi connectivity index (χ1v) is 12.3. The summed E-state index contributed by atoms with van der Waals surface area (Å²) < 4.78 is 25.8. The molecule has 9 heteroatoms. The number of fused-ring (bicyclic) bond motifs is 1. The average Bonchev–Trinajstić information content (AvgIpc) is 3.29. The molecule has 5 rings (SSSR count). The standard InChI is InChI=1S/C27H29FN4O4/c28-20-7-11-22(12-8-20)32-24-4-2-1-3-23(24)26(30-32)27(34)36-18-25(33)29-21-9-5-19(6-10-21)17-31-13-15-35-16-14-31/h5-12H,1-4,13-18H2,(H,29,33). The van der Waals surface area contributed by atoms with E-state index in [4.69, 9.17) is 9.47 Å². The first-order valence-electron chi connectivity index (χ1n) is 12.3. The number of carbonyl (C=O) groups is 2. The second kappa shape index (κ2) is 11.0. The number of hydrogen-bond donors (Lipinski definition) is 1. The van der Waals surface area contributed by atoms with E-state index in [1.165, 1.54) is 12.1 Å². The topological polar surface area (TPSA) is 85.7 Å². The lowest BCUT2D eigenvalue weighted by Gasteiger charge is -2.26. The lowest BCUT2D eigenvalue weighted by molar-refractivity contribution is -0.119. The predicted octanol–water partition coefficient (Wildman–Crippen LogP) is 3.52. The van der Waals surface area contributed by atoms with Crippen LogP contribution in [0, 0.1) is 5.82 Å². The molecule has 0 radical (unpaired) electrons. The van der Waals surface area contributed by atoms with Gasteiger partial charge in [-0.3, -0.25) is 9.69 Å². The number of nitrogens with one attached hydrogen (secondary N) is 1. The Morgan fingerprint density at radius 3 is 2.47 bits per heavy atom. The summed E-state index contributed by atoms with van der Waals surface area (Å²) in [5, 5.41) is 7.25. The Hall–Kier alpha value is -3.56. The molecule has 0 spiro atoms. The Morgan fingerprint density at radius 1 is 1.00 bits per heavy atom. The van der Waals surface area contributed by atoms with Crippen molar-refractivity contribution in [1.82, 2.24) is 14.7 Å². The van der Waals surface area contributed by atoms with Gasteiger partial charge in [0, 0.05) is 36.6 Å². The minimum Gasteiger partial charge on any atom is -0.451 e. The fraction of sp³-hybridized carbons (Fsp3) is 0.370. The molecule has 0 saturated carbocycles. The van der Waals surface area contributed by atoms with E-state index >= 15 is 0 Å². The minimum absolute atomic E-state index is 0.217. The van der Waals surface area contributed by atoms with Crippen LogP contribution in [0.1, 0.15) is 40.2 Å². The van der Waals surface area contributed by atoms with E-state index < -0.39 is 18.5 Å². The molecule has 1 amide bonds. The lowest BCUT2D eigenvalue weighted by Crippen LogP contribution is -2.35. The molecule has 2 aliphatic rings. The van der Waals surface area contributed by atoms with Crippen molar-refractivity contribution in [3.05, 3.63) is 76.9 Å². The number of hydrogen-bond acceptors (Lipinski definition) is 6. The molecule has 2 heterocycles. The number of ether oxygens (including phenoxy) is 2. The summed E-state index contributed by atoms with van der Waals surface area (Å²) in [5.41, 5.74) is 4.47. The van der Waals surface area contributed by atoms with Crippen molar-refractivity contribution in [3.63, 3.8) is 0 Å². The van der Waals surface area contributed by atoms with Gasteiger partial charge in [0.25, 0.3) is 5.91 Å². The van der Waals surface area contributed by atoms with Crippen LogP contribution in [0.4, 0.5) is 10.1 Å². The third-order valence-electron chi connectivity index (χ3n) is 6.53. The number of nitrogens with zero attached hydrogens (tertiary/aromatic N) is 3. The molecular formula is C27H29FN4O4. The average molecular weight is 493 g/mol. The fourth-order valence-electron chi connectivity index (χ4n) is 4.67. The van der Waals surface area contributed by atoms with Gasteiger partial charge in [-0.1, -0.05) is 12.1 Å². The van der Waals surface area contributed by atoms with E-state index in [9.17, 15) is 14.0 Å². The lowest BCUT2D eigenvalue weighted by atomic mass is 9.95. The number of halogens is 1. The van der Waals surface area contributed by atoms with Crippen LogP contribution in [0.2, 0.25) is 0 Å². The van der Waals surface area contributed by atoms with Crippen LogP contribution in [-0.2, 0) is 33.7 Å². The van der Waals surface area contributed by atoms with E-state index in [-0.39, 0.29) is 11.5 Å². The Kier molecular flexibility index (Phi) is 7.39. The maximum absolute atomic E-state index is 13.4. The summed E-state index contributed by atoms with van der Waals surface area (Å²) >= 11 is 0. The van der Waals surface area contributed by atoms with Crippen molar-refractivity contribution in [3.8, 4) is 5.69 Å². The Labute approximate surface area is 209 Å². The SMILES string of the molecule is O=C(COC(=O)c1nn(-c2ccc(F)cc2)c2c1CCCC2)Nc1ccc(CN2CCOCC2)cc1. The molecule has 3 aromatic rings. The molecule has 1 aliphatic heterocycles. The first-order chi connectivity index (χ1) is 17.6. The number of benzene rings is 2. The number of amides is 1. The third-order valence-corrected chi connectivity index (χ3v) is 6.53. The summed E-state index contributed by atoms with van der Waals surface area (Å²) in [7, 11) is 0. The zero-order valence-electron chi connectivity index (χ0n) is 20.0. The van der Waals surface area contributed by atoms with Crippen molar-refractivity contribution in [2.45, 2.75) is 32.2 Å². The first kappa shape index (κ1) is 24.1. The van der Waals surface area contributed by atoms with Crippen LogP contribution >= 0.6 is 0 Å². The summed E-state index contributed by atoms with van der Waals surface area (Å²) in [6, 6.07) is 13.6. The molecule has 36 heavy (non-hydrogen) atoms. The van der Waals surface area contributed by atoms with E-state index in [0.29, 0.717) is 17.8 Å². The largest absolute Gasteiger partial charge is 0.451 e. The highest BCUT2D eigenvalue weighted by Gasteiger charge is 2.27. The van der Waals surface area contributed by atoms with Gasteiger partial charge in [-0.15, -0.1) is 0 Å². The molecule has 0 unspecified atom stereocenters.